The predicted molar refractivity (Wildman–Crippen MR) is 98.1 cm³/mol. The number of hydrogen-bond donors (Lipinski definition) is 3. The molecule has 0 radical (unpaired) electrons. The van der Waals surface area contributed by atoms with Crippen LogP contribution in [0.4, 0.5) is 0 Å². The zero-order chi connectivity index (χ0) is 18.3. The number of nitrogens with zero attached hydrogens (tertiary/aromatic N) is 2. The first-order valence-electron chi connectivity index (χ1n) is 9.47. The van der Waals surface area contributed by atoms with E-state index in [0.29, 0.717) is 18.9 Å². The van der Waals surface area contributed by atoms with Gasteiger partial charge in [-0.05, 0) is 57.1 Å². The van der Waals surface area contributed by atoms with Crippen molar-refractivity contribution in [2.24, 2.45) is 5.92 Å². The van der Waals surface area contributed by atoms with Crippen molar-refractivity contribution >= 4 is 5.91 Å². The predicted octanol–water partition coefficient (Wildman–Crippen LogP) is 2.58. The Morgan fingerprint density at radius 3 is 2.77 bits per heavy atom. The highest BCUT2D eigenvalue weighted by Gasteiger charge is 2.36. The standard InChI is InChI=1S/C20H26N4O2/c1-11-3-6-16(13-4-5-13)17(7-11)20(26)21-10-15-8-14(9-18(15)25)19-22-12(2)23-24-19/h3,6-7,13-15,18,25H,4-5,8-10H2,1-2H3,(H,21,26)(H,22,23,24)/t14-,15+,18+/m0/s1. The molecule has 4 rings (SSSR count). The molecule has 0 saturated heterocycles. The Bertz CT molecular complexity index is 812. The second-order valence-electron chi connectivity index (χ2n) is 7.85. The minimum atomic E-state index is -0.431. The van der Waals surface area contributed by atoms with Gasteiger partial charge in [-0.1, -0.05) is 17.7 Å². The molecule has 1 aromatic heterocycles. The Morgan fingerprint density at radius 2 is 2.08 bits per heavy atom. The topological polar surface area (TPSA) is 90.9 Å². The summed E-state index contributed by atoms with van der Waals surface area (Å²) in [6.45, 7) is 4.37. The highest BCUT2D eigenvalue weighted by Crippen LogP contribution is 2.42. The number of H-pyrrole nitrogens is 1. The van der Waals surface area contributed by atoms with Gasteiger partial charge in [-0.25, -0.2) is 4.98 Å². The number of nitrogens with one attached hydrogen (secondary N) is 2. The van der Waals surface area contributed by atoms with Crippen LogP contribution in [0.3, 0.4) is 0 Å². The van der Waals surface area contributed by atoms with Crippen LogP contribution in [0.1, 0.15) is 70.7 Å². The number of aliphatic hydroxyl groups is 1. The van der Waals surface area contributed by atoms with E-state index in [-0.39, 0.29) is 17.7 Å². The SMILES string of the molecule is Cc1ccc(C2CC2)c(C(=O)NC[C@H]2C[C@H](c3n[nH]c(C)n3)C[C@H]2O)c1. The van der Waals surface area contributed by atoms with Crippen molar-refractivity contribution in [1.29, 1.82) is 0 Å². The number of carbonyl (C=O) groups is 1. The average molecular weight is 354 g/mol. The van der Waals surface area contributed by atoms with Gasteiger partial charge in [-0.2, -0.15) is 5.10 Å². The van der Waals surface area contributed by atoms with Gasteiger partial charge in [0.25, 0.3) is 5.91 Å². The monoisotopic (exact) mass is 354 g/mol. The van der Waals surface area contributed by atoms with Crippen molar-refractivity contribution in [3.63, 3.8) is 0 Å². The number of rotatable bonds is 5. The third-order valence-corrected chi connectivity index (χ3v) is 5.63. The molecule has 138 valence electrons. The number of amides is 1. The molecule has 1 heterocycles. The van der Waals surface area contributed by atoms with Gasteiger partial charge in [0.15, 0.2) is 5.82 Å². The van der Waals surface area contributed by atoms with Crippen LogP contribution < -0.4 is 5.32 Å². The molecule has 0 aliphatic heterocycles. The molecule has 6 nitrogen and oxygen atoms in total. The van der Waals surface area contributed by atoms with Crippen LogP contribution >= 0.6 is 0 Å². The lowest BCUT2D eigenvalue weighted by molar-refractivity contribution is 0.0915. The summed E-state index contributed by atoms with van der Waals surface area (Å²) < 4.78 is 0. The second-order valence-corrected chi connectivity index (χ2v) is 7.85. The molecular weight excluding hydrogens is 328 g/mol. The van der Waals surface area contributed by atoms with Gasteiger partial charge in [0, 0.05) is 23.9 Å². The zero-order valence-corrected chi connectivity index (χ0v) is 15.3. The van der Waals surface area contributed by atoms with Gasteiger partial charge < -0.3 is 10.4 Å². The summed E-state index contributed by atoms with van der Waals surface area (Å²) in [7, 11) is 0. The molecule has 0 spiro atoms. The van der Waals surface area contributed by atoms with E-state index in [1.807, 2.05) is 19.9 Å². The van der Waals surface area contributed by atoms with Crippen molar-refractivity contribution in [3.05, 3.63) is 46.5 Å². The molecular formula is C20H26N4O2. The van der Waals surface area contributed by atoms with Crippen LogP contribution in [0, 0.1) is 19.8 Å². The molecule has 3 atom stereocenters. The maximum absolute atomic E-state index is 12.7. The summed E-state index contributed by atoms with van der Waals surface area (Å²) in [6.07, 6.45) is 3.35. The van der Waals surface area contributed by atoms with E-state index in [2.05, 4.69) is 32.6 Å². The number of aryl methyl sites for hydroxylation is 2. The van der Waals surface area contributed by atoms with Crippen LogP contribution in [0.5, 0.6) is 0 Å². The fourth-order valence-corrected chi connectivity index (χ4v) is 4.01. The van der Waals surface area contributed by atoms with E-state index in [9.17, 15) is 9.90 Å². The summed E-state index contributed by atoms with van der Waals surface area (Å²) >= 11 is 0. The Balaban J connectivity index is 1.40. The molecule has 26 heavy (non-hydrogen) atoms. The largest absolute Gasteiger partial charge is 0.393 e. The maximum Gasteiger partial charge on any atom is 0.251 e. The minimum Gasteiger partial charge on any atom is -0.393 e. The Hall–Kier alpha value is -2.21. The number of aliphatic hydroxyl groups excluding tert-OH is 1. The van der Waals surface area contributed by atoms with Gasteiger partial charge >= 0.3 is 0 Å². The number of benzene rings is 1. The molecule has 3 N–H and O–H groups in total. The van der Waals surface area contributed by atoms with Gasteiger partial charge in [-0.15, -0.1) is 0 Å². The van der Waals surface area contributed by atoms with Crippen molar-refractivity contribution in [2.75, 3.05) is 6.54 Å². The smallest absolute Gasteiger partial charge is 0.251 e. The molecule has 2 aliphatic rings. The van der Waals surface area contributed by atoms with Gasteiger partial charge in [0.2, 0.25) is 0 Å². The fourth-order valence-electron chi connectivity index (χ4n) is 4.01. The van der Waals surface area contributed by atoms with Crippen LogP contribution in [0.15, 0.2) is 18.2 Å². The third kappa shape index (κ3) is 3.51. The number of aromatic amines is 1. The number of aromatic nitrogens is 3. The van der Waals surface area contributed by atoms with E-state index in [1.165, 1.54) is 12.8 Å². The molecule has 1 aromatic carbocycles. The Labute approximate surface area is 153 Å². The molecule has 2 aliphatic carbocycles. The first-order valence-corrected chi connectivity index (χ1v) is 9.47. The van der Waals surface area contributed by atoms with Crippen molar-refractivity contribution in [1.82, 2.24) is 20.5 Å². The third-order valence-electron chi connectivity index (χ3n) is 5.63. The lowest BCUT2D eigenvalue weighted by Crippen LogP contribution is -2.33. The molecule has 0 unspecified atom stereocenters. The van der Waals surface area contributed by atoms with Crippen molar-refractivity contribution < 1.29 is 9.90 Å². The van der Waals surface area contributed by atoms with E-state index < -0.39 is 6.10 Å². The summed E-state index contributed by atoms with van der Waals surface area (Å²) in [5.74, 6) is 2.25. The van der Waals surface area contributed by atoms with Crippen LogP contribution in [-0.4, -0.2) is 38.8 Å². The van der Waals surface area contributed by atoms with E-state index >= 15 is 0 Å². The highest BCUT2D eigenvalue weighted by atomic mass is 16.3. The van der Waals surface area contributed by atoms with Crippen molar-refractivity contribution in [3.8, 4) is 0 Å². The first kappa shape index (κ1) is 17.2. The lowest BCUT2D eigenvalue weighted by atomic mass is 9.99. The maximum atomic E-state index is 12.7. The molecule has 6 heteroatoms. The van der Waals surface area contributed by atoms with Crippen LogP contribution in [0.25, 0.3) is 0 Å². The molecule has 2 saturated carbocycles. The normalized spacial score (nSPS) is 25.4. The number of carbonyl (C=O) groups excluding carboxylic acids is 1. The second kappa shape index (κ2) is 6.83. The number of hydrogen-bond acceptors (Lipinski definition) is 4. The first-order chi connectivity index (χ1) is 12.5. The summed E-state index contributed by atoms with van der Waals surface area (Å²) in [5.41, 5.74) is 3.05. The van der Waals surface area contributed by atoms with E-state index in [4.69, 9.17) is 0 Å². The van der Waals surface area contributed by atoms with E-state index in [1.54, 1.807) is 0 Å². The summed E-state index contributed by atoms with van der Waals surface area (Å²) in [4.78, 5) is 17.1. The van der Waals surface area contributed by atoms with Gasteiger partial charge in [-0.3, -0.25) is 9.89 Å². The molecule has 2 aromatic rings. The van der Waals surface area contributed by atoms with Crippen LogP contribution in [0.2, 0.25) is 0 Å². The highest BCUT2D eigenvalue weighted by molar-refractivity contribution is 5.96. The fraction of sp³-hybridized carbons (Fsp3) is 0.550. The summed E-state index contributed by atoms with van der Waals surface area (Å²) in [5, 5.41) is 20.5. The van der Waals surface area contributed by atoms with Crippen molar-refractivity contribution in [2.45, 2.75) is 57.5 Å². The van der Waals surface area contributed by atoms with Gasteiger partial charge in [0.1, 0.15) is 5.82 Å². The summed E-state index contributed by atoms with van der Waals surface area (Å²) in [6, 6.07) is 6.15. The molecule has 0 bridgehead atoms. The Morgan fingerprint density at radius 1 is 1.27 bits per heavy atom. The molecule has 2 fully saturated rings. The molecule has 1 amide bonds. The minimum absolute atomic E-state index is 0.0278. The average Bonchev–Trinajstić information content (AvgIpc) is 3.26. The lowest BCUT2D eigenvalue weighted by Gasteiger charge is -2.16. The van der Waals surface area contributed by atoms with Crippen LogP contribution in [-0.2, 0) is 0 Å². The Kier molecular flexibility index (Phi) is 4.53. The van der Waals surface area contributed by atoms with E-state index in [0.717, 1.165) is 34.8 Å². The van der Waals surface area contributed by atoms with Gasteiger partial charge in [0.05, 0.1) is 6.10 Å². The zero-order valence-electron chi connectivity index (χ0n) is 15.3. The quantitative estimate of drug-likeness (QED) is 0.770.